The Morgan fingerprint density at radius 1 is 0.775 bits per heavy atom. The van der Waals surface area contributed by atoms with Crippen LogP contribution in [0.3, 0.4) is 0 Å². The number of hydrogen-bond donors (Lipinski definition) is 4. The Bertz CT molecular complexity index is 1070. The Hall–Kier alpha value is -2.92. The third-order valence-electron chi connectivity index (χ3n) is 4.00. The van der Waals surface area contributed by atoms with Gasteiger partial charge in [0, 0.05) is 63.1 Å². The van der Waals surface area contributed by atoms with Gasteiger partial charge < -0.3 is 37.4 Å². The van der Waals surface area contributed by atoms with Crippen molar-refractivity contribution in [3.05, 3.63) is 71.9 Å². The maximum Gasteiger partial charge on any atom is 3.00 e. The maximum absolute atomic E-state index is 8.93. The van der Waals surface area contributed by atoms with Gasteiger partial charge >= 0.3 is 17.1 Å². The monoisotopic (exact) mass is 641 g/mol. The Kier molecular flexibility index (Phi) is 22.4. The first-order valence-electron chi connectivity index (χ1n) is 11.3. The van der Waals surface area contributed by atoms with E-state index in [1.807, 2.05) is 38.6 Å². The molecular formula is C22H31Cl2FeN10O5. The van der Waals surface area contributed by atoms with Gasteiger partial charge in [0.2, 0.25) is 0 Å². The fraction of sp³-hybridized carbons (Fsp3) is 0.364. The van der Waals surface area contributed by atoms with E-state index in [2.05, 4.69) is 49.9 Å². The van der Waals surface area contributed by atoms with E-state index in [0.717, 1.165) is 60.4 Å². The largest absolute Gasteiger partial charge is 3.00 e. The van der Waals surface area contributed by atoms with E-state index in [9.17, 15) is 0 Å². The molecule has 0 aromatic carbocycles. The predicted octanol–water partition coefficient (Wildman–Crippen LogP) is -6.18. The molecule has 40 heavy (non-hydrogen) atoms. The maximum atomic E-state index is 8.93. The number of halogens is 2. The number of hydrogen-bond acceptors (Lipinski definition) is 11. The van der Waals surface area contributed by atoms with Crippen molar-refractivity contribution in [1.29, 1.82) is 0 Å². The van der Waals surface area contributed by atoms with Gasteiger partial charge in [-0.1, -0.05) is 6.92 Å². The van der Waals surface area contributed by atoms with Crippen LogP contribution in [-0.2, 0) is 29.9 Å². The summed E-state index contributed by atoms with van der Waals surface area (Å²) >= 11 is 0. The van der Waals surface area contributed by atoms with Crippen molar-refractivity contribution in [3.63, 3.8) is 0 Å². The molecule has 4 aromatic rings. The molecule has 0 saturated heterocycles. The van der Waals surface area contributed by atoms with E-state index < -0.39 is 10.2 Å². The second kappa shape index (κ2) is 22.9. The molecule has 0 fully saturated rings. The fourth-order valence-electron chi connectivity index (χ4n) is 2.54. The molecule has 0 aliphatic heterocycles. The smallest absolute Gasteiger partial charge is 1.00 e. The van der Waals surface area contributed by atoms with Gasteiger partial charge in [-0.15, -0.1) is 16.9 Å². The number of H-pyrrole nitrogens is 4. The quantitative estimate of drug-likeness (QED) is 0.105. The molecule has 0 saturated carbocycles. The number of nitrogens with zero attached hydrogens (tertiary/aromatic N) is 6. The molecule has 0 amide bonds. The van der Waals surface area contributed by atoms with Gasteiger partial charge in [0.1, 0.15) is 11.6 Å². The van der Waals surface area contributed by atoms with Crippen molar-refractivity contribution in [2.45, 2.75) is 33.6 Å². The molecule has 15 nitrogen and oxygen atoms in total. The van der Waals surface area contributed by atoms with Crippen LogP contribution in [0.2, 0.25) is 0 Å². The molecule has 4 N–H and O–H groups in total. The Labute approximate surface area is 250 Å². The number of aromatic amines is 4. The van der Waals surface area contributed by atoms with E-state index in [0.29, 0.717) is 0 Å². The molecule has 4 heterocycles. The zero-order valence-electron chi connectivity index (χ0n) is 22.0. The molecule has 0 aliphatic carbocycles. The minimum atomic E-state index is -4.94. The van der Waals surface area contributed by atoms with Crippen molar-refractivity contribution in [1.82, 2.24) is 39.9 Å². The molecule has 0 spiro atoms. The zero-order chi connectivity index (χ0) is 28.2. The average Bonchev–Trinajstić information content (AvgIpc) is 3.64. The zero-order valence-corrected chi connectivity index (χ0v) is 24.6. The number of rotatable bonds is 8. The molecule has 0 bridgehead atoms. The SMILES string of the molecule is CC[O-].Cc1nc(C=NCCc2c[nH]cn2)c[nH]1.Cc1nc(C=NCCc2c[nH]cn2)c[nH]1.[Cl-].[Fe+3].[O-][Cl+3]([O-])([O-])[O-]. The van der Waals surface area contributed by atoms with Gasteiger partial charge in [-0.05, 0) is 13.8 Å². The van der Waals surface area contributed by atoms with Crippen LogP contribution in [0.5, 0.6) is 0 Å². The van der Waals surface area contributed by atoms with Gasteiger partial charge in [-0.3, -0.25) is 9.98 Å². The predicted molar refractivity (Wildman–Crippen MR) is 127 cm³/mol. The summed E-state index contributed by atoms with van der Waals surface area (Å²) in [5, 5.41) is 8.93. The summed E-state index contributed by atoms with van der Waals surface area (Å²) in [4.78, 5) is 37.0. The molecule has 0 atom stereocenters. The molecule has 1 radical (unpaired) electrons. The summed E-state index contributed by atoms with van der Waals surface area (Å²) in [6, 6.07) is 0. The van der Waals surface area contributed by atoms with Crippen molar-refractivity contribution in [2.24, 2.45) is 9.98 Å². The molecule has 221 valence electrons. The second-order valence-electron chi connectivity index (χ2n) is 7.18. The molecule has 18 heteroatoms. The van der Waals surface area contributed by atoms with Gasteiger partial charge in [0.15, 0.2) is 0 Å². The van der Waals surface area contributed by atoms with Gasteiger partial charge in [-0.2, -0.15) is 0 Å². The van der Waals surface area contributed by atoms with Crippen LogP contribution < -0.4 is 36.1 Å². The van der Waals surface area contributed by atoms with Crippen molar-refractivity contribution in [2.75, 3.05) is 19.7 Å². The van der Waals surface area contributed by atoms with Crippen molar-refractivity contribution < 1.29 is 63.5 Å². The minimum absolute atomic E-state index is 0. The Morgan fingerprint density at radius 2 is 1.12 bits per heavy atom. The van der Waals surface area contributed by atoms with Crippen molar-refractivity contribution in [3.8, 4) is 0 Å². The Balaban J connectivity index is 0. The first-order valence-corrected chi connectivity index (χ1v) is 12.5. The number of aryl methyl sites for hydroxylation is 2. The van der Waals surface area contributed by atoms with Gasteiger partial charge in [0.25, 0.3) is 0 Å². The molecule has 0 aliphatic rings. The van der Waals surface area contributed by atoms with Crippen LogP contribution in [0.15, 0.2) is 47.4 Å². The molecule has 4 rings (SSSR count). The Morgan fingerprint density at radius 3 is 1.38 bits per heavy atom. The number of aliphatic imine (C=N–C) groups is 2. The van der Waals surface area contributed by atoms with Crippen LogP contribution in [0, 0.1) is 24.1 Å². The van der Waals surface area contributed by atoms with E-state index in [4.69, 9.17) is 23.7 Å². The summed E-state index contributed by atoms with van der Waals surface area (Å²) in [6.07, 6.45) is 16.1. The van der Waals surface area contributed by atoms with Crippen LogP contribution in [0.1, 0.15) is 41.3 Å². The molecule has 0 unspecified atom stereocenters. The van der Waals surface area contributed by atoms with E-state index in [1.54, 1.807) is 32.0 Å². The average molecular weight is 642 g/mol. The van der Waals surface area contributed by atoms with Gasteiger partial charge in [-0.25, -0.2) is 38.6 Å². The van der Waals surface area contributed by atoms with Crippen LogP contribution in [-0.4, -0.2) is 72.0 Å². The van der Waals surface area contributed by atoms with Crippen LogP contribution >= 0.6 is 0 Å². The normalized spacial score (nSPS) is 10.4. The topological polar surface area (TPSA) is 255 Å². The standard InChI is InChI=1S/2C10H13N5.C2H5O.ClHO4.ClH.Fe/c2*1-8-13-6-10(15-8)5-11-3-2-9-4-12-7-14-9;1-2-3;2-1(3,4)5;;/h2*4-7H,2-3H2,1H3,(H,12,14)(H,13,15);2H2,1H3;(H,2,3,4,5);1H;/q;;-1;;;+3/p-2. The second-order valence-corrected chi connectivity index (χ2v) is 7.94. The summed E-state index contributed by atoms with van der Waals surface area (Å²) in [5.41, 5.74) is 3.81. The number of nitrogens with one attached hydrogen (secondary N) is 4. The van der Waals surface area contributed by atoms with E-state index in [-0.39, 0.29) is 36.1 Å². The third-order valence-corrected chi connectivity index (χ3v) is 4.00. The fourth-order valence-corrected chi connectivity index (χ4v) is 2.54. The third kappa shape index (κ3) is 22.0. The number of imidazole rings is 4. The summed E-state index contributed by atoms with van der Waals surface area (Å²) < 4.78 is 34.0. The minimum Gasteiger partial charge on any atom is -1.00 e. The summed E-state index contributed by atoms with van der Waals surface area (Å²) in [5.74, 6) is 1.81. The first-order chi connectivity index (χ1) is 18.1. The first kappa shape index (κ1) is 39.2. The summed E-state index contributed by atoms with van der Waals surface area (Å²) in [7, 11) is -4.94. The number of aromatic nitrogens is 8. The van der Waals surface area contributed by atoms with Crippen molar-refractivity contribution >= 4 is 12.4 Å². The van der Waals surface area contributed by atoms with Gasteiger partial charge in [0.05, 0.1) is 35.4 Å². The van der Waals surface area contributed by atoms with Crippen LogP contribution in [0.4, 0.5) is 0 Å². The molecular weight excluding hydrogens is 611 g/mol. The summed E-state index contributed by atoms with van der Waals surface area (Å²) in [6.45, 7) is 6.87. The van der Waals surface area contributed by atoms with Crippen LogP contribution in [0.25, 0.3) is 0 Å². The van der Waals surface area contributed by atoms with E-state index in [1.165, 1.54) is 0 Å². The molecule has 4 aromatic heterocycles. The van der Waals surface area contributed by atoms with E-state index >= 15 is 0 Å².